The molecular weight excluding hydrogens is 286 g/mol. The Labute approximate surface area is 130 Å². The first-order valence-electron chi connectivity index (χ1n) is 7.75. The van der Waals surface area contributed by atoms with E-state index in [1.807, 2.05) is 23.1 Å². The zero-order chi connectivity index (χ0) is 14.2. The van der Waals surface area contributed by atoms with Crippen LogP contribution in [0.3, 0.4) is 0 Å². The molecule has 2 heterocycles. The van der Waals surface area contributed by atoms with Gasteiger partial charge in [0, 0.05) is 17.8 Å². The molecule has 0 aromatic carbocycles. The molecule has 0 amide bonds. The zero-order valence-corrected chi connectivity index (χ0v) is 14.0. The molecule has 1 fully saturated rings. The van der Waals surface area contributed by atoms with Crippen molar-refractivity contribution in [2.75, 3.05) is 6.54 Å². The van der Waals surface area contributed by atoms with Gasteiger partial charge in [-0.3, -0.25) is 0 Å². The number of nitrogens with one attached hydrogen (secondary N) is 1. The zero-order valence-electron chi connectivity index (χ0n) is 12.4. The van der Waals surface area contributed by atoms with Crippen molar-refractivity contribution in [3.8, 4) is 0 Å². The smallest absolute Gasteiger partial charge is 0.0774 e. The summed E-state index contributed by atoms with van der Waals surface area (Å²) in [5.41, 5.74) is 0.965. The second kappa shape index (κ2) is 5.99. The maximum atomic E-state index is 10.8. The number of thiophene rings is 1. The first-order valence-corrected chi connectivity index (χ1v) is 9.51. The highest BCUT2D eigenvalue weighted by molar-refractivity contribution is 8.01. The van der Waals surface area contributed by atoms with Gasteiger partial charge in [0.15, 0.2) is 0 Å². The molecule has 1 saturated carbocycles. The lowest BCUT2D eigenvalue weighted by Gasteiger charge is -2.38. The van der Waals surface area contributed by atoms with Crippen molar-refractivity contribution in [3.05, 3.63) is 17.0 Å². The summed E-state index contributed by atoms with van der Waals surface area (Å²) in [6.07, 6.45) is 5.51. The summed E-state index contributed by atoms with van der Waals surface area (Å²) in [5.74, 6) is 0.660. The maximum Gasteiger partial charge on any atom is 0.0774 e. The minimum absolute atomic E-state index is 0.425. The first kappa shape index (κ1) is 14.9. The number of aliphatic hydroxyl groups is 1. The summed E-state index contributed by atoms with van der Waals surface area (Å²) in [6.45, 7) is 5.31. The van der Waals surface area contributed by atoms with E-state index < -0.39 is 5.60 Å². The van der Waals surface area contributed by atoms with Gasteiger partial charge in [0.2, 0.25) is 0 Å². The highest BCUT2D eigenvalue weighted by Gasteiger charge is 2.34. The van der Waals surface area contributed by atoms with Crippen molar-refractivity contribution in [3.63, 3.8) is 0 Å². The van der Waals surface area contributed by atoms with Crippen LogP contribution in [-0.2, 0) is 0 Å². The van der Waals surface area contributed by atoms with E-state index >= 15 is 0 Å². The Balaban J connectivity index is 1.64. The summed E-state index contributed by atoms with van der Waals surface area (Å²) in [4.78, 5) is 0. The molecule has 4 heteroatoms. The summed E-state index contributed by atoms with van der Waals surface area (Å²) in [7, 11) is 0. The van der Waals surface area contributed by atoms with Crippen LogP contribution in [0.2, 0.25) is 0 Å². The Morgan fingerprint density at radius 2 is 2.30 bits per heavy atom. The number of thioether (sulfide) groups is 1. The molecule has 1 aromatic heterocycles. The molecule has 1 aliphatic heterocycles. The number of rotatable bonds is 3. The molecule has 3 unspecified atom stereocenters. The summed E-state index contributed by atoms with van der Waals surface area (Å²) < 4.78 is 1.46. The highest BCUT2D eigenvalue weighted by atomic mass is 32.2. The van der Waals surface area contributed by atoms with Crippen molar-refractivity contribution in [1.29, 1.82) is 0 Å². The lowest BCUT2D eigenvalue weighted by Crippen LogP contribution is -2.45. The number of fused-ring (bicyclic) bond motifs is 1. The molecule has 1 aromatic rings. The molecule has 0 radical (unpaired) electrons. The van der Waals surface area contributed by atoms with E-state index in [4.69, 9.17) is 0 Å². The average Bonchev–Trinajstić information content (AvgIpc) is 2.83. The van der Waals surface area contributed by atoms with Gasteiger partial charge in [0.25, 0.3) is 0 Å². The molecule has 4 atom stereocenters. The predicted molar refractivity (Wildman–Crippen MR) is 87.6 cm³/mol. The third-order valence-electron chi connectivity index (χ3n) is 4.65. The Kier molecular flexibility index (Phi) is 4.46. The van der Waals surface area contributed by atoms with Crippen molar-refractivity contribution < 1.29 is 5.11 Å². The molecule has 112 valence electrons. The van der Waals surface area contributed by atoms with E-state index in [1.54, 1.807) is 0 Å². The predicted octanol–water partition coefficient (Wildman–Crippen LogP) is 4.20. The minimum Gasteiger partial charge on any atom is -0.389 e. The van der Waals surface area contributed by atoms with Crippen LogP contribution in [-0.4, -0.2) is 22.5 Å². The average molecular weight is 312 g/mol. The van der Waals surface area contributed by atoms with Crippen molar-refractivity contribution in [2.45, 2.75) is 67.1 Å². The lowest BCUT2D eigenvalue weighted by molar-refractivity contribution is -0.0140. The van der Waals surface area contributed by atoms with Crippen LogP contribution in [0.4, 0.5) is 0 Å². The molecule has 0 bridgehead atoms. The topological polar surface area (TPSA) is 32.3 Å². The maximum absolute atomic E-state index is 10.8. The normalized spacial score (nSPS) is 37.6. The highest BCUT2D eigenvalue weighted by Crippen LogP contribution is 2.44. The van der Waals surface area contributed by atoms with E-state index in [0.717, 1.165) is 19.4 Å². The van der Waals surface area contributed by atoms with E-state index in [2.05, 4.69) is 30.6 Å². The van der Waals surface area contributed by atoms with Crippen LogP contribution < -0.4 is 5.32 Å². The molecule has 20 heavy (non-hydrogen) atoms. The van der Waals surface area contributed by atoms with Gasteiger partial charge in [-0.15, -0.1) is 23.1 Å². The quantitative estimate of drug-likeness (QED) is 0.877. The van der Waals surface area contributed by atoms with Gasteiger partial charge in [0.1, 0.15) is 0 Å². The fraction of sp³-hybridized carbons (Fsp3) is 0.750. The van der Waals surface area contributed by atoms with Gasteiger partial charge in [-0.25, -0.2) is 0 Å². The van der Waals surface area contributed by atoms with Gasteiger partial charge in [-0.1, -0.05) is 26.7 Å². The molecular formula is C16H25NOS2. The second-order valence-corrected chi connectivity index (χ2v) is 9.31. The number of hydrogen-bond donors (Lipinski definition) is 2. The van der Waals surface area contributed by atoms with Crippen LogP contribution in [0.15, 0.2) is 15.7 Å². The minimum atomic E-state index is -0.484. The largest absolute Gasteiger partial charge is 0.389 e. The van der Waals surface area contributed by atoms with E-state index in [0.29, 0.717) is 17.2 Å². The second-order valence-electron chi connectivity index (χ2n) is 6.69. The first-order chi connectivity index (χ1) is 9.56. The lowest BCUT2D eigenvalue weighted by atomic mass is 9.78. The Morgan fingerprint density at radius 1 is 1.45 bits per heavy atom. The standard InChI is InChI=1S/C16H25NOS2/c1-11-4-3-6-16(18,9-11)10-17-14-8-12(2)20-15-13(14)5-7-19-15/h5,7,11-12,14,17-18H,3-4,6,8-10H2,1-2H3/t11?,12-,14?,16?/m0/s1. The number of hydrogen-bond acceptors (Lipinski definition) is 4. The van der Waals surface area contributed by atoms with Gasteiger partial charge >= 0.3 is 0 Å². The summed E-state index contributed by atoms with van der Waals surface area (Å²) >= 11 is 3.85. The Morgan fingerprint density at radius 3 is 3.10 bits per heavy atom. The van der Waals surface area contributed by atoms with Crippen molar-refractivity contribution in [1.82, 2.24) is 5.32 Å². The molecule has 2 aliphatic rings. The Bertz CT molecular complexity index is 461. The van der Waals surface area contributed by atoms with Crippen LogP contribution in [0, 0.1) is 5.92 Å². The van der Waals surface area contributed by atoms with E-state index in [-0.39, 0.29) is 0 Å². The molecule has 1 aliphatic carbocycles. The van der Waals surface area contributed by atoms with Crippen LogP contribution >= 0.6 is 23.1 Å². The molecule has 2 N–H and O–H groups in total. The molecule has 2 nitrogen and oxygen atoms in total. The van der Waals surface area contributed by atoms with Gasteiger partial charge in [-0.05, 0) is 42.2 Å². The third kappa shape index (κ3) is 3.24. The molecule has 0 saturated heterocycles. The van der Waals surface area contributed by atoms with Crippen LogP contribution in [0.25, 0.3) is 0 Å². The summed E-state index contributed by atoms with van der Waals surface area (Å²) in [5, 5.41) is 17.3. The van der Waals surface area contributed by atoms with E-state index in [9.17, 15) is 5.11 Å². The molecule has 0 spiro atoms. The van der Waals surface area contributed by atoms with Gasteiger partial charge in [0.05, 0.1) is 9.81 Å². The van der Waals surface area contributed by atoms with Crippen LogP contribution in [0.5, 0.6) is 0 Å². The fourth-order valence-electron chi connectivity index (χ4n) is 3.65. The van der Waals surface area contributed by atoms with E-state index in [1.165, 1.54) is 29.0 Å². The van der Waals surface area contributed by atoms with Gasteiger partial charge in [-0.2, -0.15) is 0 Å². The van der Waals surface area contributed by atoms with Gasteiger partial charge < -0.3 is 10.4 Å². The van der Waals surface area contributed by atoms with Crippen molar-refractivity contribution >= 4 is 23.1 Å². The Hall–Kier alpha value is -0.0300. The van der Waals surface area contributed by atoms with Crippen molar-refractivity contribution in [2.24, 2.45) is 5.92 Å². The monoisotopic (exact) mass is 311 g/mol. The van der Waals surface area contributed by atoms with Crippen LogP contribution in [0.1, 0.15) is 57.6 Å². The fourth-order valence-corrected chi connectivity index (χ4v) is 6.22. The molecule has 3 rings (SSSR count). The third-order valence-corrected chi connectivity index (χ3v) is 7.00. The SMILES string of the molecule is CC1CCCC(O)(CNC2C[C@H](C)Sc3sccc32)C1. The summed E-state index contributed by atoms with van der Waals surface area (Å²) in [6, 6.07) is 2.68.